The summed E-state index contributed by atoms with van der Waals surface area (Å²) in [4.78, 5) is 0. The summed E-state index contributed by atoms with van der Waals surface area (Å²) in [6.07, 6.45) is 58.6. The lowest BCUT2D eigenvalue weighted by molar-refractivity contribution is -0.0289. The van der Waals surface area contributed by atoms with Gasteiger partial charge in [-0.05, 0) is 246 Å². The van der Waals surface area contributed by atoms with Gasteiger partial charge in [-0.15, -0.1) is 0 Å². The van der Waals surface area contributed by atoms with Crippen LogP contribution < -0.4 is 0 Å². The number of hydrogen-bond acceptors (Lipinski definition) is 0. The van der Waals surface area contributed by atoms with Crippen molar-refractivity contribution in [3.63, 3.8) is 0 Å². The Kier molecular flexibility index (Phi) is 11.7. The summed E-state index contributed by atoms with van der Waals surface area (Å²) >= 11 is 0. The zero-order chi connectivity index (χ0) is 38.2. The Balaban J connectivity index is 0.796. The van der Waals surface area contributed by atoms with Gasteiger partial charge in [-0.3, -0.25) is 0 Å². The first-order valence-electron chi connectivity index (χ1n) is 28.7. The summed E-state index contributed by atoms with van der Waals surface area (Å²) in [6.45, 7) is 0. The van der Waals surface area contributed by atoms with Gasteiger partial charge in [0.1, 0.15) is 0 Å². The molecule has 0 saturated heterocycles. The average molecular weight is 791 g/mol. The third kappa shape index (κ3) is 7.53. The number of hydrogen-bond donors (Lipinski definition) is 0. The van der Waals surface area contributed by atoms with E-state index < -0.39 is 0 Å². The van der Waals surface area contributed by atoms with Gasteiger partial charge in [-0.1, -0.05) is 116 Å². The molecule has 0 spiro atoms. The summed E-state index contributed by atoms with van der Waals surface area (Å²) in [7, 11) is 0. The molecule has 12 saturated carbocycles. The molecule has 12 fully saturated rings. The lowest BCUT2D eigenvalue weighted by Crippen LogP contribution is -2.44. The molecule has 0 N–H and O–H groups in total. The quantitative estimate of drug-likeness (QED) is 0.260. The van der Waals surface area contributed by atoms with Crippen molar-refractivity contribution in [3.8, 4) is 0 Å². The first kappa shape index (κ1) is 39.6. The molecule has 58 heavy (non-hydrogen) atoms. The Labute approximate surface area is 359 Å². The van der Waals surface area contributed by atoms with E-state index in [2.05, 4.69) is 0 Å². The summed E-state index contributed by atoms with van der Waals surface area (Å²) in [5.74, 6) is 24.8. The van der Waals surface area contributed by atoms with Crippen molar-refractivity contribution in [2.45, 2.75) is 231 Å². The normalized spacial score (nSPS) is 54.9. The minimum Gasteiger partial charge on any atom is -0.0533 e. The lowest BCUT2D eigenvalue weighted by atomic mass is 9.53. The summed E-state index contributed by atoms with van der Waals surface area (Å²) in [6, 6.07) is 0. The molecular weight excluding hydrogens is 697 g/mol. The van der Waals surface area contributed by atoms with Crippen LogP contribution in [0.2, 0.25) is 0 Å². The lowest BCUT2D eigenvalue weighted by Gasteiger charge is -2.53. The maximum absolute atomic E-state index is 1.71. The molecule has 0 aromatic heterocycles. The van der Waals surface area contributed by atoms with Crippen LogP contribution in [0.25, 0.3) is 0 Å². The molecule has 0 radical (unpaired) electrons. The predicted molar refractivity (Wildman–Crippen MR) is 243 cm³/mol. The Bertz CT molecular complexity index is 1350. The second-order valence-corrected chi connectivity index (χ2v) is 26.5. The third-order valence-corrected chi connectivity index (χ3v) is 24.5. The molecule has 0 bridgehead atoms. The topological polar surface area (TPSA) is 0 Å². The second kappa shape index (κ2) is 17.2. The van der Waals surface area contributed by atoms with Crippen molar-refractivity contribution < 1.29 is 0 Å². The molecule has 0 aromatic carbocycles. The van der Waals surface area contributed by atoms with Crippen LogP contribution in [0.1, 0.15) is 231 Å². The smallest absolute Gasteiger partial charge is 0.0324 e. The molecule has 19 unspecified atom stereocenters. The van der Waals surface area contributed by atoms with E-state index in [1.54, 1.807) is 231 Å². The molecule has 0 nitrogen and oxygen atoms in total. The van der Waals surface area contributed by atoms with Crippen molar-refractivity contribution in [2.75, 3.05) is 0 Å². The predicted octanol–water partition coefficient (Wildman–Crippen LogP) is 16.7. The highest BCUT2D eigenvalue weighted by Gasteiger charge is 2.57. The first-order valence-corrected chi connectivity index (χ1v) is 28.7. The van der Waals surface area contributed by atoms with Gasteiger partial charge in [0.25, 0.3) is 0 Å². The Hall–Kier alpha value is 0. The Morgan fingerprint density at radius 3 is 1.21 bits per heavy atom. The van der Waals surface area contributed by atoms with Gasteiger partial charge in [-0.25, -0.2) is 0 Å². The van der Waals surface area contributed by atoms with E-state index in [0.29, 0.717) is 0 Å². The van der Waals surface area contributed by atoms with Crippen molar-refractivity contribution in [1.29, 1.82) is 0 Å². The summed E-state index contributed by atoms with van der Waals surface area (Å²) in [5.41, 5.74) is 0. The zero-order valence-electron chi connectivity index (χ0n) is 38.2. The molecule has 12 aliphatic carbocycles. The molecule has 0 heterocycles. The van der Waals surface area contributed by atoms with Crippen LogP contribution in [0.4, 0.5) is 0 Å². The van der Waals surface area contributed by atoms with E-state index in [1.165, 1.54) is 0 Å². The minimum atomic E-state index is 1.10. The van der Waals surface area contributed by atoms with E-state index in [4.69, 9.17) is 0 Å². The van der Waals surface area contributed by atoms with E-state index in [0.717, 1.165) is 130 Å². The number of fused-ring (bicyclic) bond motifs is 8. The Morgan fingerprint density at radius 2 is 0.466 bits per heavy atom. The fraction of sp³-hybridized carbons (Fsp3) is 1.00. The van der Waals surface area contributed by atoms with Crippen molar-refractivity contribution in [2.24, 2.45) is 130 Å². The van der Waals surface area contributed by atoms with Gasteiger partial charge in [0.2, 0.25) is 0 Å². The summed E-state index contributed by atoms with van der Waals surface area (Å²) in [5, 5.41) is 0. The van der Waals surface area contributed by atoms with E-state index in [-0.39, 0.29) is 0 Å². The van der Waals surface area contributed by atoms with Crippen molar-refractivity contribution in [1.82, 2.24) is 0 Å². The van der Waals surface area contributed by atoms with Crippen LogP contribution in [-0.2, 0) is 0 Å². The van der Waals surface area contributed by atoms with Crippen LogP contribution in [0.3, 0.4) is 0 Å². The molecule has 12 aliphatic rings. The van der Waals surface area contributed by atoms with E-state index >= 15 is 0 Å². The highest BCUT2D eigenvalue weighted by Crippen LogP contribution is 2.65. The fourth-order valence-electron chi connectivity index (χ4n) is 22.2. The van der Waals surface area contributed by atoms with E-state index in [9.17, 15) is 0 Å². The molecule has 0 heteroatoms. The van der Waals surface area contributed by atoms with Crippen molar-refractivity contribution >= 4 is 0 Å². The van der Waals surface area contributed by atoms with Gasteiger partial charge in [0, 0.05) is 0 Å². The summed E-state index contributed by atoms with van der Waals surface area (Å²) < 4.78 is 0. The first-order chi connectivity index (χ1) is 28.7. The molecule has 0 aliphatic heterocycles. The zero-order valence-corrected chi connectivity index (χ0v) is 38.2. The van der Waals surface area contributed by atoms with Crippen LogP contribution in [0.15, 0.2) is 0 Å². The van der Waals surface area contributed by atoms with Gasteiger partial charge in [0.15, 0.2) is 0 Å². The highest BCUT2D eigenvalue weighted by atomic mass is 14.6. The molecule has 12 rings (SSSR count). The van der Waals surface area contributed by atoms with Crippen molar-refractivity contribution in [3.05, 3.63) is 0 Å². The molecule has 0 aromatic rings. The molecule has 326 valence electrons. The number of rotatable bonds is 5. The minimum absolute atomic E-state index is 1.10. The SMILES string of the molecule is C1CCC(C2CC(C3CC(C4CCC(C5CCCC6CC7CCCCC7C65)CC4)CC(C4CCC5CCCCC5C4)C3)C3CC4CC5CCCCC5CC4C3C2)CC1. The monoisotopic (exact) mass is 791 g/mol. The van der Waals surface area contributed by atoms with Crippen LogP contribution in [0.5, 0.6) is 0 Å². The molecular formula is C58H94. The molecule has 19 atom stereocenters. The van der Waals surface area contributed by atoms with Gasteiger partial charge in [-0.2, -0.15) is 0 Å². The fourth-order valence-corrected chi connectivity index (χ4v) is 22.2. The van der Waals surface area contributed by atoms with Gasteiger partial charge >= 0.3 is 0 Å². The maximum atomic E-state index is 1.71. The van der Waals surface area contributed by atoms with Crippen LogP contribution in [0, 0.1) is 130 Å². The average Bonchev–Trinajstić information content (AvgIpc) is 3.86. The van der Waals surface area contributed by atoms with Gasteiger partial charge < -0.3 is 0 Å². The third-order valence-electron chi connectivity index (χ3n) is 24.5. The van der Waals surface area contributed by atoms with E-state index in [1.807, 2.05) is 0 Å². The largest absolute Gasteiger partial charge is 0.0533 e. The highest BCUT2D eigenvalue weighted by molar-refractivity contribution is 5.06. The van der Waals surface area contributed by atoms with Gasteiger partial charge in [0.05, 0.1) is 0 Å². The Morgan fingerprint density at radius 1 is 0.138 bits per heavy atom. The second-order valence-electron chi connectivity index (χ2n) is 26.5. The van der Waals surface area contributed by atoms with Crippen LogP contribution in [-0.4, -0.2) is 0 Å². The molecule has 0 amide bonds. The maximum Gasteiger partial charge on any atom is -0.0324 e. The van der Waals surface area contributed by atoms with Crippen LogP contribution >= 0.6 is 0 Å². The standard InChI is InChI=1S/C58H94/c1-2-11-37(12-3-1)49-34-55(57-36-51-28-42-15-6-7-16-43(42)33-54(51)56(57)35-49)50-31-47(30-48(32-50)44-26-23-38-13-4-5-14-41(38)27-44)39-21-24-40(25-22-39)52-20-10-18-46-29-45-17-8-9-19-53(45)58(46)52/h37-58H,1-36H2.